The van der Waals surface area contributed by atoms with Crippen LogP contribution in [-0.2, 0) is 14.4 Å². The van der Waals surface area contributed by atoms with Crippen molar-refractivity contribution in [3.05, 3.63) is 56.0 Å². The van der Waals surface area contributed by atoms with Crippen molar-refractivity contribution in [2.45, 2.75) is 33.6 Å². The topological polar surface area (TPSA) is 96.5 Å². The zero-order chi connectivity index (χ0) is 22.3. The van der Waals surface area contributed by atoms with Crippen molar-refractivity contribution in [3.63, 3.8) is 0 Å². The minimum Gasteiger partial charge on any atom is -0.482 e. The fourth-order valence-corrected chi connectivity index (χ4v) is 4.19. The molecule has 0 aliphatic carbocycles. The van der Waals surface area contributed by atoms with Gasteiger partial charge >= 0.3 is 0 Å². The van der Waals surface area contributed by atoms with Crippen molar-refractivity contribution >= 4 is 55.3 Å². The third-order valence-corrected chi connectivity index (χ3v) is 5.17. The quantitative estimate of drug-likeness (QED) is 0.461. The lowest BCUT2D eigenvalue weighted by molar-refractivity contribution is -0.130. The van der Waals surface area contributed by atoms with Crippen LogP contribution in [0.1, 0.15) is 29.5 Å². The smallest absolute Gasteiger partial charge is 0.276 e. The first-order valence-corrected chi connectivity index (χ1v) is 10.8. The molecule has 3 N–H and O–H groups in total. The van der Waals surface area contributed by atoms with E-state index < -0.39 is 11.8 Å². The van der Waals surface area contributed by atoms with E-state index in [4.69, 9.17) is 4.74 Å². The summed E-state index contributed by atoms with van der Waals surface area (Å²) in [7, 11) is 0. The van der Waals surface area contributed by atoms with Gasteiger partial charge in [-0.3, -0.25) is 25.2 Å². The molecule has 0 saturated heterocycles. The van der Waals surface area contributed by atoms with Gasteiger partial charge in [-0.05, 0) is 66.0 Å². The van der Waals surface area contributed by atoms with Gasteiger partial charge in [-0.25, -0.2) is 0 Å². The van der Waals surface area contributed by atoms with Crippen LogP contribution in [0.3, 0.4) is 0 Å². The Labute approximate surface area is 192 Å². The van der Waals surface area contributed by atoms with Gasteiger partial charge in [0.1, 0.15) is 5.75 Å². The summed E-state index contributed by atoms with van der Waals surface area (Å²) in [6, 6.07) is 9.37. The third kappa shape index (κ3) is 7.46. The van der Waals surface area contributed by atoms with Crippen molar-refractivity contribution in [1.29, 1.82) is 0 Å². The number of aryl methyl sites for hydroxylation is 3. The number of halogens is 2. The second kappa shape index (κ2) is 11.1. The molecule has 9 heteroatoms. The molecule has 0 aromatic heterocycles. The Hall–Kier alpha value is -2.39. The Balaban J connectivity index is 1.71. The zero-order valence-corrected chi connectivity index (χ0v) is 20.1. The number of anilines is 1. The number of benzene rings is 2. The van der Waals surface area contributed by atoms with E-state index in [1.54, 1.807) is 0 Å². The molecule has 0 aliphatic rings. The molecule has 0 saturated carbocycles. The van der Waals surface area contributed by atoms with Gasteiger partial charge in [-0.15, -0.1) is 0 Å². The Morgan fingerprint density at radius 1 is 0.867 bits per heavy atom. The Kier molecular flexibility index (Phi) is 8.86. The van der Waals surface area contributed by atoms with Crippen LogP contribution in [0.2, 0.25) is 0 Å². The average molecular weight is 541 g/mol. The highest BCUT2D eigenvalue weighted by Crippen LogP contribution is 2.32. The second-order valence-electron chi connectivity index (χ2n) is 6.79. The van der Waals surface area contributed by atoms with Crippen LogP contribution < -0.4 is 20.9 Å². The zero-order valence-electron chi connectivity index (χ0n) is 16.9. The molecule has 160 valence electrons. The SMILES string of the molecule is Cc1ccc(NC(=O)CCC(=O)NNC(=O)COc2c(C)cc(Br)cc2Br)c(C)c1. The van der Waals surface area contributed by atoms with Gasteiger partial charge in [0, 0.05) is 23.0 Å². The second-order valence-corrected chi connectivity index (χ2v) is 8.56. The number of carbonyl (C=O) groups is 3. The van der Waals surface area contributed by atoms with Gasteiger partial charge in [0.05, 0.1) is 4.47 Å². The van der Waals surface area contributed by atoms with Crippen LogP contribution >= 0.6 is 31.9 Å². The number of hydrogen-bond donors (Lipinski definition) is 3. The maximum absolute atomic E-state index is 12.0. The van der Waals surface area contributed by atoms with Gasteiger partial charge in [-0.2, -0.15) is 0 Å². The number of nitrogens with one attached hydrogen (secondary N) is 3. The number of hydrogen-bond acceptors (Lipinski definition) is 4. The molecule has 0 radical (unpaired) electrons. The Morgan fingerprint density at radius 2 is 1.53 bits per heavy atom. The Morgan fingerprint density at radius 3 is 2.20 bits per heavy atom. The molecule has 7 nitrogen and oxygen atoms in total. The molecule has 0 heterocycles. The predicted molar refractivity (Wildman–Crippen MR) is 122 cm³/mol. The van der Waals surface area contributed by atoms with Crippen LogP contribution in [0.25, 0.3) is 0 Å². The van der Waals surface area contributed by atoms with E-state index >= 15 is 0 Å². The molecule has 0 aliphatic heterocycles. The van der Waals surface area contributed by atoms with Crippen LogP contribution in [0, 0.1) is 20.8 Å². The summed E-state index contributed by atoms with van der Waals surface area (Å²) in [6.07, 6.45) is -0.0637. The number of carbonyl (C=O) groups excluding carboxylic acids is 3. The van der Waals surface area contributed by atoms with Gasteiger partial charge < -0.3 is 10.1 Å². The molecule has 0 bridgehead atoms. The fraction of sp³-hybridized carbons (Fsp3) is 0.286. The van der Waals surface area contributed by atoms with Gasteiger partial charge in [0.25, 0.3) is 5.91 Å². The first-order valence-electron chi connectivity index (χ1n) is 9.19. The maximum Gasteiger partial charge on any atom is 0.276 e. The molecule has 3 amide bonds. The van der Waals surface area contributed by atoms with Gasteiger partial charge in [0.2, 0.25) is 11.8 Å². The number of rotatable bonds is 7. The Bertz CT molecular complexity index is 940. The largest absolute Gasteiger partial charge is 0.482 e. The van der Waals surface area contributed by atoms with E-state index in [1.165, 1.54) is 0 Å². The molecule has 0 atom stereocenters. The molecule has 0 fully saturated rings. The maximum atomic E-state index is 12.0. The highest BCUT2D eigenvalue weighted by Gasteiger charge is 2.12. The van der Waals surface area contributed by atoms with Crippen LogP contribution in [-0.4, -0.2) is 24.3 Å². The van der Waals surface area contributed by atoms with E-state index in [9.17, 15) is 14.4 Å². The molecule has 0 unspecified atom stereocenters. The highest BCUT2D eigenvalue weighted by atomic mass is 79.9. The van der Waals surface area contributed by atoms with E-state index in [-0.39, 0.29) is 25.4 Å². The monoisotopic (exact) mass is 539 g/mol. The normalized spacial score (nSPS) is 10.3. The standard InChI is InChI=1S/C21H23Br2N3O4/c1-12-4-5-17(13(2)8-12)24-18(27)6-7-19(28)25-26-20(29)11-30-21-14(3)9-15(22)10-16(21)23/h4-5,8-10H,6-7,11H2,1-3H3,(H,24,27)(H,25,28)(H,26,29). The lowest BCUT2D eigenvalue weighted by atomic mass is 10.1. The van der Waals surface area contributed by atoms with Gasteiger partial charge in [-0.1, -0.05) is 33.6 Å². The predicted octanol–water partition coefficient (Wildman–Crippen LogP) is 4.08. The van der Waals surface area contributed by atoms with E-state index in [2.05, 4.69) is 48.0 Å². The van der Waals surface area contributed by atoms with Crippen molar-refractivity contribution in [1.82, 2.24) is 10.9 Å². The summed E-state index contributed by atoms with van der Waals surface area (Å²) >= 11 is 6.76. The van der Waals surface area contributed by atoms with Crippen molar-refractivity contribution in [2.75, 3.05) is 11.9 Å². The molecule has 30 heavy (non-hydrogen) atoms. The van der Waals surface area contributed by atoms with Gasteiger partial charge in [0.15, 0.2) is 6.61 Å². The van der Waals surface area contributed by atoms with Crippen LogP contribution in [0.5, 0.6) is 5.75 Å². The average Bonchev–Trinajstić information content (AvgIpc) is 2.66. The fourth-order valence-electron chi connectivity index (χ4n) is 2.64. The van der Waals surface area contributed by atoms with Crippen molar-refractivity contribution in [2.24, 2.45) is 0 Å². The molecule has 0 spiro atoms. The summed E-state index contributed by atoms with van der Waals surface area (Å²) in [4.78, 5) is 35.8. The highest BCUT2D eigenvalue weighted by molar-refractivity contribution is 9.11. The minimum absolute atomic E-state index is 0.00342. The first kappa shape index (κ1) is 23.9. The third-order valence-electron chi connectivity index (χ3n) is 4.12. The molecule has 2 aromatic carbocycles. The lowest BCUT2D eigenvalue weighted by Gasteiger charge is -2.12. The van der Waals surface area contributed by atoms with Crippen LogP contribution in [0.15, 0.2) is 39.3 Å². The number of amides is 3. The van der Waals surface area contributed by atoms with E-state index in [0.717, 1.165) is 21.2 Å². The summed E-state index contributed by atoms with van der Waals surface area (Å²) in [5.41, 5.74) is 8.17. The van der Waals surface area contributed by atoms with Crippen molar-refractivity contribution in [3.8, 4) is 5.75 Å². The summed E-state index contributed by atoms with van der Waals surface area (Å²) in [5, 5.41) is 2.78. The molecular weight excluding hydrogens is 518 g/mol. The first-order chi connectivity index (χ1) is 14.2. The summed E-state index contributed by atoms with van der Waals surface area (Å²) in [5.74, 6) is -0.720. The summed E-state index contributed by atoms with van der Waals surface area (Å²) < 4.78 is 7.10. The van der Waals surface area contributed by atoms with E-state index in [0.29, 0.717) is 15.9 Å². The summed E-state index contributed by atoms with van der Waals surface area (Å²) in [6.45, 7) is 5.46. The minimum atomic E-state index is -0.516. The van der Waals surface area contributed by atoms with Crippen LogP contribution in [0.4, 0.5) is 5.69 Å². The molecule has 2 rings (SSSR count). The van der Waals surface area contributed by atoms with E-state index in [1.807, 2.05) is 51.1 Å². The number of ether oxygens (including phenoxy) is 1. The lowest BCUT2D eigenvalue weighted by Crippen LogP contribution is -2.44. The van der Waals surface area contributed by atoms with Crippen molar-refractivity contribution < 1.29 is 19.1 Å². The molecular formula is C21H23Br2N3O4. The number of hydrazine groups is 1. The molecule has 2 aromatic rings.